The van der Waals surface area contributed by atoms with E-state index in [2.05, 4.69) is 11.4 Å². The molecule has 2 heteroatoms. The van der Waals surface area contributed by atoms with E-state index in [1.807, 2.05) is 0 Å². The molecule has 1 N–H and O–H groups in total. The van der Waals surface area contributed by atoms with Gasteiger partial charge in [0.25, 0.3) is 0 Å². The van der Waals surface area contributed by atoms with Crippen LogP contribution in [0, 0.1) is 5.82 Å². The largest absolute Gasteiger partial charge is 0.388 e. The summed E-state index contributed by atoms with van der Waals surface area (Å²) in [6.07, 6.45) is 5.71. The highest BCUT2D eigenvalue weighted by Gasteiger charge is 2.03. The Bertz CT molecular complexity index is 319. The Kier molecular flexibility index (Phi) is 2.82. The minimum absolute atomic E-state index is 0.177. The molecule has 74 valence electrons. The van der Waals surface area contributed by atoms with Crippen molar-refractivity contribution in [2.75, 3.05) is 6.54 Å². The second kappa shape index (κ2) is 4.27. The molecule has 0 aromatic heterocycles. The van der Waals surface area contributed by atoms with Crippen molar-refractivity contribution in [3.05, 3.63) is 41.3 Å². The first-order chi connectivity index (χ1) is 6.84. The van der Waals surface area contributed by atoms with E-state index in [0.29, 0.717) is 0 Å². The lowest BCUT2D eigenvalue weighted by atomic mass is 10.1. The quantitative estimate of drug-likeness (QED) is 0.719. The van der Waals surface area contributed by atoms with E-state index in [-0.39, 0.29) is 5.82 Å². The molecule has 0 atom stereocenters. The molecule has 0 amide bonds. The third kappa shape index (κ3) is 2.34. The lowest BCUT2D eigenvalue weighted by Crippen LogP contribution is -2.19. The average molecular weight is 191 g/mol. The van der Waals surface area contributed by atoms with Crippen LogP contribution in [0.5, 0.6) is 0 Å². The van der Waals surface area contributed by atoms with Crippen LogP contribution >= 0.6 is 0 Å². The molecular formula is C12H14FN. The van der Waals surface area contributed by atoms with Crippen LogP contribution in [0.15, 0.2) is 30.0 Å². The summed E-state index contributed by atoms with van der Waals surface area (Å²) in [6.45, 7) is 1.06. The van der Waals surface area contributed by atoms with E-state index in [1.165, 1.54) is 30.7 Å². The Hall–Kier alpha value is -1.31. The van der Waals surface area contributed by atoms with Crippen molar-refractivity contribution in [1.29, 1.82) is 0 Å². The number of allylic oxidation sites excluding steroid dienone is 1. The molecule has 1 aliphatic heterocycles. The van der Waals surface area contributed by atoms with E-state index >= 15 is 0 Å². The Morgan fingerprint density at radius 1 is 1.14 bits per heavy atom. The molecule has 1 saturated heterocycles. The molecule has 1 aromatic carbocycles. The van der Waals surface area contributed by atoms with Crippen LogP contribution in [-0.2, 0) is 0 Å². The molecule has 0 aliphatic carbocycles. The standard InChI is InChI=1S/C12H14FN/c13-11-6-4-10(5-7-11)9-12-3-1-2-8-14-12/h4-7,9,14H,1-3,8H2. The zero-order valence-electron chi connectivity index (χ0n) is 8.09. The first kappa shape index (κ1) is 9.25. The van der Waals surface area contributed by atoms with Gasteiger partial charge < -0.3 is 5.32 Å². The van der Waals surface area contributed by atoms with E-state index in [0.717, 1.165) is 18.5 Å². The summed E-state index contributed by atoms with van der Waals surface area (Å²) in [5, 5.41) is 3.35. The van der Waals surface area contributed by atoms with E-state index in [4.69, 9.17) is 0 Å². The van der Waals surface area contributed by atoms with Crippen molar-refractivity contribution in [1.82, 2.24) is 5.32 Å². The van der Waals surface area contributed by atoms with Crippen LogP contribution in [0.2, 0.25) is 0 Å². The minimum Gasteiger partial charge on any atom is -0.388 e. The van der Waals surface area contributed by atoms with Crippen LogP contribution in [-0.4, -0.2) is 6.54 Å². The topological polar surface area (TPSA) is 12.0 Å². The molecule has 1 nitrogen and oxygen atoms in total. The number of nitrogens with one attached hydrogen (secondary N) is 1. The van der Waals surface area contributed by atoms with Crippen molar-refractivity contribution in [2.45, 2.75) is 19.3 Å². The molecule has 0 unspecified atom stereocenters. The van der Waals surface area contributed by atoms with Gasteiger partial charge in [-0.15, -0.1) is 0 Å². The van der Waals surface area contributed by atoms with Crippen LogP contribution < -0.4 is 5.32 Å². The first-order valence-electron chi connectivity index (χ1n) is 5.04. The van der Waals surface area contributed by atoms with Gasteiger partial charge in [0.15, 0.2) is 0 Å². The number of piperidine rings is 1. The fourth-order valence-corrected chi connectivity index (χ4v) is 1.66. The van der Waals surface area contributed by atoms with Crippen molar-refractivity contribution >= 4 is 6.08 Å². The lowest BCUT2D eigenvalue weighted by molar-refractivity contribution is 0.592. The highest BCUT2D eigenvalue weighted by Crippen LogP contribution is 2.14. The highest BCUT2D eigenvalue weighted by molar-refractivity contribution is 5.52. The van der Waals surface area contributed by atoms with Gasteiger partial charge in [-0.05, 0) is 43.0 Å². The maximum atomic E-state index is 12.6. The number of hydrogen-bond acceptors (Lipinski definition) is 1. The first-order valence-corrected chi connectivity index (χ1v) is 5.04. The van der Waals surface area contributed by atoms with E-state index in [9.17, 15) is 4.39 Å². The predicted octanol–water partition coefficient (Wildman–Crippen LogP) is 2.94. The highest BCUT2D eigenvalue weighted by atomic mass is 19.1. The second-order valence-corrected chi connectivity index (χ2v) is 3.61. The molecule has 0 saturated carbocycles. The van der Waals surface area contributed by atoms with Crippen molar-refractivity contribution in [2.24, 2.45) is 0 Å². The molecule has 0 radical (unpaired) electrons. The summed E-state index contributed by atoms with van der Waals surface area (Å²) in [4.78, 5) is 0. The molecule has 1 aliphatic rings. The average Bonchev–Trinajstić information content (AvgIpc) is 2.23. The van der Waals surface area contributed by atoms with Crippen LogP contribution in [0.4, 0.5) is 4.39 Å². The molecule has 1 aromatic rings. The van der Waals surface area contributed by atoms with Gasteiger partial charge in [0.2, 0.25) is 0 Å². The van der Waals surface area contributed by atoms with Crippen LogP contribution in [0.3, 0.4) is 0 Å². The van der Waals surface area contributed by atoms with Gasteiger partial charge in [0.05, 0.1) is 0 Å². The fraction of sp³-hybridized carbons (Fsp3) is 0.333. The molecule has 14 heavy (non-hydrogen) atoms. The maximum Gasteiger partial charge on any atom is 0.123 e. The Labute approximate surface area is 83.6 Å². The zero-order valence-corrected chi connectivity index (χ0v) is 8.09. The van der Waals surface area contributed by atoms with E-state index in [1.54, 1.807) is 12.1 Å². The number of halogens is 1. The summed E-state index contributed by atoms with van der Waals surface area (Å²) in [6, 6.07) is 6.60. The number of hydrogen-bond donors (Lipinski definition) is 1. The predicted molar refractivity (Wildman–Crippen MR) is 56.2 cm³/mol. The minimum atomic E-state index is -0.177. The molecule has 0 spiro atoms. The molecule has 1 heterocycles. The van der Waals surface area contributed by atoms with Gasteiger partial charge in [-0.3, -0.25) is 0 Å². The Morgan fingerprint density at radius 3 is 2.57 bits per heavy atom. The molecule has 1 fully saturated rings. The summed E-state index contributed by atoms with van der Waals surface area (Å²) >= 11 is 0. The van der Waals surface area contributed by atoms with Gasteiger partial charge in [0.1, 0.15) is 5.82 Å². The zero-order chi connectivity index (χ0) is 9.80. The monoisotopic (exact) mass is 191 g/mol. The van der Waals surface area contributed by atoms with E-state index < -0.39 is 0 Å². The maximum absolute atomic E-state index is 12.6. The molecular weight excluding hydrogens is 177 g/mol. The van der Waals surface area contributed by atoms with Crippen LogP contribution in [0.1, 0.15) is 24.8 Å². The van der Waals surface area contributed by atoms with Gasteiger partial charge >= 0.3 is 0 Å². The SMILES string of the molecule is Fc1ccc(C=C2CCCCN2)cc1. The third-order valence-electron chi connectivity index (χ3n) is 2.44. The Balaban J connectivity index is 2.11. The Morgan fingerprint density at radius 2 is 1.93 bits per heavy atom. The number of benzene rings is 1. The van der Waals surface area contributed by atoms with Crippen molar-refractivity contribution in [3.8, 4) is 0 Å². The summed E-state index contributed by atoms with van der Waals surface area (Å²) in [5.41, 5.74) is 2.33. The molecule has 2 rings (SSSR count). The van der Waals surface area contributed by atoms with Gasteiger partial charge in [0, 0.05) is 12.2 Å². The van der Waals surface area contributed by atoms with Crippen molar-refractivity contribution in [3.63, 3.8) is 0 Å². The van der Waals surface area contributed by atoms with Crippen molar-refractivity contribution < 1.29 is 4.39 Å². The summed E-state index contributed by atoms with van der Waals surface area (Å²) < 4.78 is 12.6. The van der Waals surface area contributed by atoms with Gasteiger partial charge in [-0.25, -0.2) is 4.39 Å². The second-order valence-electron chi connectivity index (χ2n) is 3.61. The summed E-state index contributed by atoms with van der Waals surface area (Å²) in [7, 11) is 0. The van der Waals surface area contributed by atoms with Gasteiger partial charge in [-0.2, -0.15) is 0 Å². The fourth-order valence-electron chi connectivity index (χ4n) is 1.66. The summed E-state index contributed by atoms with van der Waals surface area (Å²) in [5.74, 6) is -0.177. The molecule has 0 bridgehead atoms. The van der Waals surface area contributed by atoms with Gasteiger partial charge in [-0.1, -0.05) is 12.1 Å². The number of rotatable bonds is 1. The third-order valence-corrected chi connectivity index (χ3v) is 2.44. The normalized spacial score (nSPS) is 19.4. The van der Waals surface area contributed by atoms with Crippen LogP contribution in [0.25, 0.3) is 6.08 Å². The smallest absolute Gasteiger partial charge is 0.123 e. The lowest BCUT2D eigenvalue weighted by Gasteiger charge is -2.16.